The third-order valence-electron chi connectivity index (χ3n) is 4.15. The van der Waals surface area contributed by atoms with Crippen LogP contribution >= 0.6 is 0 Å². The molecule has 2 aliphatic carbocycles. The lowest BCUT2D eigenvalue weighted by atomic mass is 9.87. The Morgan fingerprint density at radius 3 is 2.38 bits per heavy atom. The van der Waals surface area contributed by atoms with Crippen LogP contribution in [0.25, 0.3) is 0 Å². The molecule has 0 aromatic rings. The highest BCUT2D eigenvalue weighted by molar-refractivity contribution is 5.79. The number of hydrogen-bond acceptors (Lipinski definition) is 3. The molecule has 0 radical (unpaired) electrons. The first-order valence-electron chi connectivity index (χ1n) is 6.41. The number of rotatable bonds is 3. The molecule has 0 bridgehead atoms. The van der Waals surface area contributed by atoms with Crippen LogP contribution in [0, 0.1) is 0 Å². The Balaban J connectivity index is 2.02. The molecule has 0 saturated heterocycles. The van der Waals surface area contributed by atoms with Gasteiger partial charge in [0.1, 0.15) is 5.54 Å². The summed E-state index contributed by atoms with van der Waals surface area (Å²) in [6.45, 7) is 0. The quantitative estimate of drug-likeness (QED) is 0.677. The zero-order valence-corrected chi connectivity index (χ0v) is 9.74. The molecule has 0 aromatic heterocycles. The Bertz CT molecular complexity index is 262. The average Bonchev–Trinajstić information content (AvgIpc) is 2.71. The smallest absolute Gasteiger partial charge is 0.323 e. The second kappa shape index (κ2) is 4.72. The van der Waals surface area contributed by atoms with E-state index in [1.165, 1.54) is 12.8 Å². The van der Waals surface area contributed by atoms with Crippen LogP contribution < -0.4 is 11.1 Å². The predicted molar refractivity (Wildman–Crippen MR) is 62.2 cm³/mol. The van der Waals surface area contributed by atoms with Gasteiger partial charge in [-0.15, -0.1) is 0 Å². The van der Waals surface area contributed by atoms with Crippen LogP contribution in [0.1, 0.15) is 51.4 Å². The van der Waals surface area contributed by atoms with Crippen LogP contribution in [0.4, 0.5) is 0 Å². The summed E-state index contributed by atoms with van der Waals surface area (Å²) in [5.74, 6) is -0.692. The van der Waals surface area contributed by atoms with Crippen molar-refractivity contribution in [2.24, 2.45) is 5.73 Å². The van der Waals surface area contributed by atoms with Gasteiger partial charge in [0.25, 0.3) is 0 Å². The van der Waals surface area contributed by atoms with E-state index in [-0.39, 0.29) is 12.1 Å². The van der Waals surface area contributed by atoms with Crippen molar-refractivity contribution in [2.45, 2.75) is 69.0 Å². The summed E-state index contributed by atoms with van der Waals surface area (Å²) in [4.78, 5) is 11.4. The Kier molecular flexibility index (Phi) is 3.50. The fourth-order valence-electron chi connectivity index (χ4n) is 3.09. The number of nitrogens with two attached hydrogens (primary N) is 1. The minimum absolute atomic E-state index is 0.130. The summed E-state index contributed by atoms with van der Waals surface area (Å²) in [5, 5.41) is 12.7. The fraction of sp³-hybridized carbons (Fsp3) is 0.917. The van der Waals surface area contributed by atoms with Gasteiger partial charge in [-0.1, -0.05) is 25.7 Å². The van der Waals surface area contributed by atoms with Crippen molar-refractivity contribution < 1.29 is 9.90 Å². The summed E-state index contributed by atoms with van der Waals surface area (Å²) < 4.78 is 0. The molecule has 16 heavy (non-hydrogen) atoms. The molecule has 2 atom stereocenters. The molecule has 2 fully saturated rings. The Morgan fingerprint density at radius 2 is 1.81 bits per heavy atom. The monoisotopic (exact) mass is 226 g/mol. The Labute approximate surface area is 96.6 Å². The summed E-state index contributed by atoms with van der Waals surface area (Å²) in [5.41, 5.74) is 5.38. The van der Waals surface area contributed by atoms with E-state index in [1.807, 2.05) is 0 Å². The minimum atomic E-state index is -0.692. The average molecular weight is 226 g/mol. The van der Waals surface area contributed by atoms with Crippen molar-refractivity contribution in [3.05, 3.63) is 0 Å². The lowest BCUT2D eigenvalue weighted by Crippen LogP contribution is -2.59. The molecule has 2 rings (SSSR count). The van der Waals surface area contributed by atoms with E-state index in [2.05, 4.69) is 5.32 Å². The van der Waals surface area contributed by atoms with Gasteiger partial charge in [-0.25, -0.2) is 0 Å². The van der Waals surface area contributed by atoms with E-state index >= 15 is 0 Å². The Morgan fingerprint density at radius 1 is 1.19 bits per heavy atom. The maximum Gasteiger partial charge on any atom is 0.323 e. The largest absolute Gasteiger partial charge is 0.480 e. The van der Waals surface area contributed by atoms with Gasteiger partial charge in [0.15, 0.2) is 0 Å². The molecular formula is C12H22N2O2. The van der Waals surface area contributed by atoms with Crippen LogP contribution in [-0.4, -0.2) is 28.7 Å². The van der Waals surface area contributed by atoms with E-state index in [9.17, 15) is 9.90 Å². The van der Waals surface area contributed by atoms with E-state index in [0.717, 1.165) is 38.5 Å². The van der Waals surface area contributed by atoms with E-state index < -0.39 is 11.5 Å². The van der Waals surface area contributed by atoms with Crippen molar-refractivity contribution in [2.75, 3.05) is 0 Å². The number of aliphatic carboxylic acids is 1. The summed E-state index contributed by atoms with van der Waals surface area (Å²) in [6.07, 6.45) is 7.93. The lowest BCUT2D eigenvalue weighted by Gasteiger charge is -2.36. The number of carboxylic acid groups (broad SMARTS) is 1. The molecule has 0 heterocycles. The van der Waals surface area contributed by atoms with E-state index in [1.54, 1.807) is 0 Å². The minimum Gasteiger partial charge on any atom is -0.480 e. The SMILES string of the molecule is NC1CCCCC1NC1(C(=O)O)CCCC1. The molecule has 2 saturated carbocycles. The van der Waals surface area contributed by atoms with E-state index in [4.69, 9.17) is 5.73 Å². The van der Waals surface area contributed by atoms with Crippen LogP contribution in [0.5, 0.6) is 0 Å². The fourth-order valence-corrected chi connectivity index (χ4v) is 3.09. The third-order valence-corrected chi connectivity index (χ3v) is 4.15. The molecule has 2 aliphatic rings. The molecule has 92 valence electrons. The second-order valence-electron chi connectivity index (χ2n) is 5.29. The first-order valence-corrected chi connectivity index (χ1v) is 6.41. The number of hydrogen-bond donors (Lipinski definition) is 3. The van der Waals surface area contributed by atoms with Crippen molar-refractivity contribution in [3.8, 4) is 0 Å². The van der Waals surface area contributed by atoms with Crippen molar-refractivity contribution in [3.63, 3.8) is 0 Å². The summed E-state index contributed by atoms with van der Waals surface area (Å²) in [7, 11) is 0. The van der Waals surface area contributed by atoms with Gasteiger partial charge in [-0.3, -0.25) is 10.1 Å². The van der Waals surface area contributed by atoms with Gasteiger partial charge < -0.3 is 10.8 Å². The van der Waals surface area contributed by atoms with Crippen LogP contribution in [0.2, 0.25) is 0 Å². The highest BCUT2D eigenvalue weighted by Gasteiger charge is 2.43. The molecule has 0 amide bonds. The normalized spacial score (nSPS) is 33.8. The third kappa shape index (κ3) is 2.23. The van der Waals surface area contributed by atoms with Crippen molar-refractivity contribution >= 4 is 5.97 Å². The molecule has 0 spiro atoms. The second-order valence-corrected chi connectivity index (χ2v) is 5.29. The Hall–Kier alpha value is -0.610. The highest BCUT2D eigenvalue weighted by atomic mass is 16.4. The van der Waals surface area contributed by atoms with Crippen molar-refractivity contribution in [1.82, 2.24) is 5.32 Å². The molecule has 0 aromatic carbocycles. The number of nitrogens with one attached hydrogen (secondary N) is 1. The molecule has 4 N–H and O–H groups in total. The van der Waals surface area contributed by atoms with E-state index in [0.29, 0.717) is 0 Å². The van der Waals surface area contributed by atoms with Gasteiger partial charge in [0, 0.05) is 12.1 Å². The first-order chi connectivity index (χ1) is 7.64. The summed E-state index contributed by atoms with van der Waals surface area (Å²) >= 11 is 0. The first kappa shape index (κ1) is 11.9. The van der Waals surface area contributed by atoms with Crippen LogP contribution in [0.15, 0.2) is 0 Å². The lowest BCUT2D eigenvalue weighted by molar-refractivity contribution is -0.145. The number of carbonyl (C=O) groups is 1. The van der Waals surface area contributed by atoms with Crippen molar-refractivity contribution in [1.29, 1.82) is 0 Å². The maximum atomic E-state index is 11.4. The molecule has 4 nitrogen and oxygen atoms in total. The highest BCUT2D eigenvalue weighted by Crippen LogP contribution is 2.32. The molecule has 2 unspecified atom stereocenters. The molecule has 4 heteroatoms. The van der Waals surface area contributed by atoms with Gasteiger partial charge in [-0.2, -0.15) is 0 Å². The zero-order valence-electron chi connectivity index (χ0n) is 9.74. The van der Waals surface area contributed by atoms with Gasteiger partial charge in [0.2, 0.25) is 0 Å². The van der Waals surface area contributed by atoms with Crippen LogP contribution in [-0.2, 0) is 4.79 Å². The molecule has 0 aliphatic heterocycles. The van der Waals surface area contributed by atoms with Gasteiger partial charge in [-0.05, 0) is 25.7 Å². The summed E-state index contributed by atoms with van der Waals surface area (Å²) in [6, 6.07) is 0.327. The van der Waals surface area contributed by atoms with Gasteiger partial charge in [0.05, 0.1) is 0 Å². The molecular weight excluding hydrogens is 204 g/mol. The topological polar surface area (TPSA) is 75.3 Å². The standard InChI is InChI=1S/C12H22N2O2/c13-9-5-1-2-6-10(9)14-12(11(15)16)7-3-4-8-12/h9-10,14H,1-8,13H2,(H,15,16). The van der Waals surface area contributed by atoms with Crippen LogP contribution in [0.3, 0.4) is 0 Å². The number of carboxylic acids is 1. The van der Waals surface area contributed by atoms with Gasteiger partial charge >= 0.3 is 5.97 Å². The maximum absolute atomic E-state index is 11.4. The predicted octanol–water partition coefficient (Wildman–Crippen LogP) is 1.24. The zero-order chi connectivity index (χ0) is 11.6.